The smallest absolute Gasteiger partial charge is 0.256 e. The van der Waals surface area contributed by atoms with E-state index in [0.717, 1.165) is 6.42 Å². The summed E-state index contributed by atoms with van der Waals surface area (Å²) in [5.74, 6) is 0.609. The number of ether oxygens (including phenoxy) is 1. The molecule has 0 radical (unpaired) electrons. The van der Waals surface area contributed by atoms with Crippen LogP contribution in [-0.4, -0.2) is 40.4 Å². The third-order valence-corrected chi connectivity index (χ3v) is 5.76. The number of nitrogens with one attached hydrogen (secondary N) is 1. The lowest BCUT2D eigenvalue weighted by molar-refractivity contribution is -0.129. The molecule has 2 aromatic heterocycles. The maximum Gasteiger partial charge on any atom is 0.256 e. The number of likely N-dealkylation sites (tertiary alicyclic amines) is 1. The zero-order chi connectivity index (χ0) is 22.8. The minimum Gasteiger partial charge on any atom is -0.489 e. The number of rotatable bonds is 7. The van der Waals surface area contributed by atoms with Crippen molar-refractivity contribution in [3.63, 3.8) is 0 Å². The number of amides is 2. The second-order valence-electron chi connectivity index (χ2n) is 8.07. The molecule has 1 unspecified atom stereocenters. The predicted octanol–water partition coefficient (Wildman–Crippen LogP) is 2.76. The van der Waals surface area contributed by atoms with E-state index >= 15 is 0 Å². The maximum atomic E-state index is 13.1. The fourth-order valence-electron chi connectivity index (χ4n) is 4.09. The molecule has 8 nitrogen and oxygen atoms in total. The van der Waals surface area contributed by atoms with Crippen LogP contribution < -0.4 is 15.6 Å². The average molecular weight is 437 g/mol. The van der Waals surface area contributed by atoms with E-state index in [1.54, 1.807) is 55.4 Å². The number of aryl methyl sites for hydroxylation is 2. The van der Waals surface area contributed by atoms with Crippen LogP contribution in [0.1, 0.15) is 41.4 Å². The standard InChI is InChI=1S/C24H27N3O5/c1-4-10-27-12-9-19(24(27)30)25-22(28)21-15(2)32-20-8-7-17(13-18(20)21)31-14-16-6-5-11-26(3)23(16)29/h5-8,11,13,19H,4,9-10,12,14H2,1-3H3,(H,25,28). The zero-order valence-electron chi connectivity index (χ0n) is 18.5. The largest absolute Gasteiger partial charge is 0.489 e. The Morgan fingerprint density at radius 1 is 1.28 bits per heavy atom. The number of benzene rings is 1. The molecule has 3 heterocycles. The van der Waals surface area contributed by atoms with Gasteiger partial charge in [0.1, 0.15) is 29.7 Å². The van der Waals surface area contributed by atoms with Gasteiger partial charge in [-0.15, -0.1) is 0 Å². The van der Waals surface area contributed by atoms with Crippen molar-refractivity contribution in [1.29, 1.82) is 0 Å². The van der Waals surface area contributed by atoms with Gasteiger partial charge in [0.2, 0.25) is 5.91 Å². The number of carbonyl (C=O) groups is 2. The van der Waals surface area contributed by atoms with E-state index in [2.05, 4.69) is 5.32 Å². The van der Waals surface area contributed by atoms with Crippen molar-refractivity contribution in [2.24, 2.45) is 7.05 Å². The maximum absolute atomic E-state index is 13.1. The van der Waals surface area contributed by atoms with E-state index in [9.17, 15) is 14.4 Å². The molecule has 1 aliphatic rings. The Morgan fingerprint density at radius 2 is 2.09 bits per heavy atom. The Hall–Kier alpha value is -3.55. The predicted molar refractivity (Wildman–Crippen MR) is 120 cm³/mol. The Morgan fingerprint density at radius 3 is 2.88 bits per heavy atom. The molecule has 0 bridgehead atoms. The topological polar surface area (TPSA) is 93.8 Å². The average Bonchev–Trinajstić information content (AvgIpc) is 3.28. The molecular weight excluding hydrogens is 410 g/mol. The molecule has 2 amide bonds. The van der Waals surface area contributed by atoms with Crippen LogP contribution in [0.15, 0.2) is 45.7 Å². The number of hydrogen-bond acceptors (Lipinski definition) is 5. The molecule has 0 aliphatic carbocycles. The van der Waals surface area contributed by atoms with Crippen LogP contribution in [-0.2, 0) is 18.4 Å². The van der Waals surface area contributed by atoms with Crippen LogP contribution in [0.2, 0.25) is 0 Å². The van der Waals surface area contributed by atoms with Crippen LogP contribution in [0.5, 0.6) is 5.75 Å². The third kappa shape index (κ3) is 4.12. The van der Waals surface area contributed by atoms with E-state index in [1.165, 1.54) is 4.57 Å². The Kier molecular flexibility index (Phi) is 6.03. The van der Waals surface area contributed by atoms with Crippen LogP contribution in [0.4, 0.5) is 0 Å². The monoisotopic (exact) mass is 437 g/mol. The van der Waals surface area contributed by atoms with Crippen molar-refractivity contribution < 1.29 is 18.7 Å². The molecule has 1 saturated heterocycles. The zero-order valence-corrected chi connectivity index (χ0v) is 18.5. The molecule has 8 heteroatoms. The first-order valence-corrected chi connectivity index (χ1v) is 10.8. The van der Waals surface area contributed by atoms with Crippen molar-refractivity contribution in [2.75, 3.05) is 13.1 Å². The fourth-order valence-corrected chi connectivity index (χ4v) is 4.09. The Balaban J connectivity index is 1.54. The highest BCUT2D eigenvalue weighted by molar-refractivity contribution is 6.08. The Bertz CT molecular complexity index is 1230. The normalized spacial score (nSPS) is 16.0. The molecule has 1 aliphatic heterocycles. The minimum absolute atomic E-state index is 0.0425. The third-order valence-electron chi connectivity index (χ3n) is 5.76. The number of pyridine rings is 1. The summed E-state index contributed by atoms with van der Waals surface area (Å²) in [5.41, 5.74) is 1.36. The number of nitrogens with zero attached hydrogens (tertiary/aromatic N) is 2. The van der Waals surface area contributed by atoms with Gasteiger partial charge in [-0.05, 0) is 50.1 Å². The molecule has 1 atom stereocenters. The summed E-state index contributed by atoms with van der Waals surface area (Å²) in [4.78, 5) is 39.5. The summed E-state index contributed by atoms with van der Waals surface area (Å²) in [7, 11) is 1.69. The highest BCUT2D eigenvalue weighted by Gasteiger charge is 2.33. The molecule has 1 N–H and O–H groups in total. The minimum atomic E-state index is -0.521. The highest BCUT2D eigenvalue weighted by atomic mass is 16.5. The van der Waals surface area contributed by atoms with E-state index in [4.69, 9.17) is 9.15 Å². The second-order valence-corrected chi connectivity index (χ2v) is 8.07. The van der Waals surface area contributed by atoms with Gasteiger partial charge in [-0.1, -0.05) is 6.92 Å². The van der Waals surface area contributed by atoms with E-state index in [1.807, 2.05) is 6.92 Å². The van der Waals surface area contributed by atoms with Crippen LogP contribution >= 0.6 is 0 Å². The molecule has 0 saturated carbocycles. The fraction of sp³-hybridized carbons (Fsp3) is 0.375. The van der Waals surface area contributed by atoms with Gasteiger partial charge in [0.25, 0.3) is 11.5 Å². The summed E-state index contributed by atoms with van der Waals surface area (Å²) >= 11 is 0. The van der Waals surface area contributed by atoms with Crippen LogP contribution in [0.3, 0.4) is 0 Å². The van der Waals surface area contributed by atoms with Crippen molar-refractivity contribution >= 4 is 22.8 Å². The van der Waals surface area contributed by atoms with Gasteiger partial charge in [0.15, 0.2) is 0 Å². The van der Waals surface area contributed by atoms with Crippen molar-refractivity contribution in [3.8, 4) is 5.75 Å². The van der Waals surface area contributed by atoms with Gasteiger partial charge in [0.05, 0.1) is 11.1 Å². The number of carbonyl (C=O) groups excluding carboxylic acids is 2. The van der Waals surface area contributed by atoms with Crippen molar-refractivity contribution in [1.82, 2.24) is 14.8 Å². The molecule has 0 spiro atoms. The van der Waals surface area contributed by atoms with E-state index in [-0.39, 0.29) is 24.0 Å². The van der Waals surface area contributed by atoms with Gasteiger partial charge in [-0.25, -0.2) is 0 Å². The van der Waals surface area contributed by atoms with Gasteiger partial charge in [0, 0.05) is 31.7 Å². The summed E-state index contributed by atoms with van der Waals surface area (Å²) in [6.07, 6.45) is 3.17. The van der Waals surface area contributed by atoms with E-state index < -0.39 is 6.04 Å². The first kappa shape index (κ1) is 21.7. The lowest BCUT2D eigenvalue weighted by Crippen LogP contribution is -2.41. The SMILES string of the molecule is CCCN1CCC(NC(=O)c2c(C)oc3ccc(OCc4cccn(C)c4=O)cc23)C1=O. The van der Waals surface area contributed by atoms with Gasteiger partial charge < -0.3 is 23.9 Å². The molecule has 1 fully saturated rings. The Labute approximate surface area is 185 Å². The lowest BCUT2D eigenvalue weighted by Gasteiger charge is -2.16. The summed E-state index contributed by atoms with van der Waals surface area (Å²) in [6.45, 7) is 5.21. The quantitative estimate of drug-likeness (QED) is 0.614. The van der Waals surface area contributed by atoms with Crippen molar-refractivity contribution in [3.05, 3.63) is 63.8 Å². The van der Waals surface area contributed by atoms with Gasteiger partial charge in [-0.3, -0.25) is 14.4 Å². The molecule has 1 aromatic carbocycles. The number of aromatic nitrogens is 1. The number of furan rings is 1. The first-order valence-electron chi connectivity index (χ1n) is 10.8. The van der Waals surface area contributed by atoms with E-state index in [0.29, 0.717) is 53.1 Å². The molecular formula is C24H27N3O5. The summed E-state index contributed by atoms with van der Waals surface area (Å²) < 4.78 is 13.1. The first-order chi connectivity index (χ1) is 15.4. The van der Waals surface area contributed by atoms with Crippen molar-refractivity contribution in [2.45, 2.75) is 39.3 Å². The van der Waals surface area contributed by atoms with Crippen LogP contribution in [0, 0.1) is 6.92 Å². The number of fused-ring (bicyclic) bond motifs is 1. The number of hydrogen-bond donors (Lipinski definition) is 1. The summed E-state index contributed by atoms with van der Waals surface area (Å²) in [6, 6.07) is 8.20. The van der Waals surface area contributed by atoms with Crippen LogP contribution in [0.25, 0.3) is 11.0 Å². The molecule has 168 valence electrons. The molecule has 32 heavy (non-hydrogen) atoms. The lowest BCUT2D eigenvalue weighted by atomic mass is 10.1. The highest BCUT2D eigenvalue weighted by Crippen LogP contribution is 2.29. The van der Waals surface area contributed by atoms with Gasteiger partial charge in [-0.2, -0.15) is 0 Å². The summed E-state index contributed by atoms with van der Waals surface area (Å²) in [5, 5.41) is 3.47. The second kappa shape index (κ2) is 8.90. The molecule has 3 aromatic rings. The van der Waals surface area contributed by atoms with Gasteiger partial charge >= 0.3 is 0 Å². The molecule has 4 rings (SSSR count).